The van der Waals surface area contributed by atoms with Crippen LogP contribution in [0.25, 0.3) is 0 Å². The molecule has 0 radical (unpaired) electrons. The average molecular weight is 275 g/mol. The van der Waals surface area contributed by atoms with Crippen molar-refractivity contribution in [3.8, 4) is 17.2 Å². The molecule has 1 N–H and O–H groups in total. The van der Waals surface area contributed by atoms with Crippen LogP contribution in [0.15, 0.2) is 36.5 Å². The zero-order valence-corrected chi connectivity index (χ0v) is 11.7. The first-order chi connectivity index (χ1) is 9.72. The number of hydrogen-bond acceptors (Lipinski definition) is 5. The molecule has 0 spiro atoms. The number of ether oxygens (including phenoxy) is 3. The third-order valence-electron chi connectivity index (χ3n) is 3.02. The predicted octanol–water partition coefficient (Wildman–Crippen LogP) is 2.19. The number of aliphatic hydroxyl groups excluding tert-OH is 1. The van der Waals surface area contributed by atoms with Gasteiger partial charge in [-0.15, -0.1) is 0 Å². The summed E-state index contributed by atoms with van der Waals surface area (Å²) in [4.78, 5) is 4.19. The molecule has 0 aliphatic rings. The fourth-order valence-corrected chi connectivity index (χ4v) is 2.07. The number of nitrogens with zero attached hydrogens (tertiary/aromatic N) is 1. The van der Waals surface area contributed by atoms with Crippen LogP contribution in [-0.4, -0.2) is 31.4 Å². The van der Waals surface area contributed by atoms with Crippen molar-refractivity contribution in [2.24, 2.45) is 0 Å². The molecular formula is C15H17NO4. The fraction of sp³-hybridized carbons (Fsp3) is 0.267. The van der Waals surface area contributed by atoms with Gasteiger partial charge in [0.1, 0.15) is 29.0 Å². The molecule has 106 valence electrons. The Balaban J connectivity index is 2.55. The number of pyridine rings is 1. The van der Waals surface area contributed by atoms with Crippen LogP contribution in [0, 0.1) is 0 Å². The molecule has 0 saturated carbocycles. The van der Waals surface area contributed by atoms with Crippen molar-refractivity contribution in [2.45, 2.75) is 6.10 Å². The minimum absolute atomic E-state index is 0.415. The molecule has 1 heterocycles. The van der Waals surface area contributed by atoms with Crippen LogP contribution < -0.4 is 14.2 Å². The highest BCUT2D eigenvalue weighted by atomic mass is 16.5. The molecule has 1 aromatic heterocycles. The van der Waals surface area contributed by atoms with Crippen molar-refractivity contribution in [1.82, 2.24) is 4.98 Å². The lowest BCUT2D eigenvalue weighted by molar-refractivity contribution is 0.199. The second-order valence-corrected chi connectivity index (χ2v) is 4.07. The monoisotopic (exact) mass is 275 g/mol. The van der Waals surface area contributed by atoms with E-state index in [2.05, 4.69) is 4.98 Å². The van der Waals surface area contributed by atoms with Gasteiger partial charge in [-0.2, -0.15) is 0 Å². The normalized spacial score (nSPS) is 11.8. The Hall–Kier alpha value is -2.27. The van der Waals surface area contributed by atoms with Crippen LogP contribution in [0.4, 0.5) is 0 Å². The van der Waals surface area contributed by atoms with Gasteiger partial charge < -0.3 is 19.3 Å². The molecule has 5 heteroatoms. The summed E-state index contributed by atoms with van der Waals surface area (Å²) < 4.78 is 15.8. The molecule has 0 bridgehead atoms. The SMILES string of the molecule is COc1cccnc1C(O)c1c(OC)cccc1OC. The molecule has 20 heavy (non-hydrogen) atoms. The Bertz CT molecular complexity index is 564. The molecule has 0 saturated heterocycles. The molecule has 0 aliphatic heterocycles. The van der Waals surface area contributed by atoms with E-state index in [0.29, 0.717) is 28.5 Å². The first-order valence-electron chi connectivity index (χ1n) is 6.10. The highest BCUT2D eigenvalue weighted by molar-refractivity contribution is 5.50. The average Bonchev–Trinajstić information content (AvgIpc) is 2.53. The summed E-state index contributed by atoms with van der Waals surface area (Å²) in [5.74, 6) is 1.57. The van der Waals surface area contributed by atoms with Crippen LogP contribution in [0.1, 0.15) is 17.4 Å². The molecule has 1 unspecified atom stereocenters. The molecule has 1 aromatic carbocycles. The van der Waals surface area contributed by atoms with Gasteiger partial charge in [0.2, 0.25) is 0 Å². The van der Waals surface area contributed by atoms with Crippen molar-refractivity contribution in [3.05, 3.63) is 47.8 Å². The van der Waals surface area contributed by atoms with Gasteiger partial charge in [0.25, 0.3) is 0 Å². The van der Waals surface area contributed by atoms with E-state index in [9.17, 15) is 5.11 Å². The lowest BCUT2D eigenvalue weighted by atomic mass is 10.0. The van der Waals surface area contributed by atoms with E-state index >= 15 is 0 Å². The quantitative estimate of drug-likeness (QED) is 0.906. The molecule has 1 atom stereocenters. The highest BCUT2D eigenvalue weighted by Gasteiger charge is 2.24. The van der Waals surface area contributed by atoms with Crippen molar-refractivity contribution < 1.29 is 19.3 Å². The lowest BCUT2D eigenvalue weighted by Crippen LogP contribution is -2.08. The Morgan fingerprint density at radius 1 is 0.900 bits per heavy atom. The topological polar surface area (TPSA) is 60.8 Å². The Morgan fingerprint density at radius 2 is 1.45 bits per heavy atom. The van der Waals surface area contributed by atoms with Crippen LogP contribution >= 0.6 is 0 Å². The van der Waals surface area contributed by atoms with Crippen LogP contribution in [0.2, 0.25) is 0 Å². The number of aromatic nitrogens is 1. The lowest BCUT2D eigenvalue weighted by Gasteiger charge is -2.19. The summed E-state index contributed by atoms with van der Waals surface area (Å²) in [6, 6.07) is 8.80. The van der Waals surface area contributed by atoms with E-state index in [4.69, 9.17) is 14.2 Å². The summed E-state index contributed by atoms with van der Waals surface area (Å²) in [6.45, 7) is 0. The Morgan fingerprint density at radius 3 is 2.00 bits per heavy atom. The Kier molecular flexibility index (Phi) is 4.42. The maximum absolute atomic E-state index is 10.6. The summed E-state index contributed by atoms with van der Waals surface area (Å²) in [5.41, 5.74) is 0.937. The number of aliphatic hydroxyl groups is 1. The molecule has 2 aromatic rings. The third-order valence-corrected chi connectivity index (χ3v) is 3.02. The predicted molar refractivity (Wildman–Crippen MR) is 74.4 cm³/mol. The third kappa shape index (κ3) is 2.53. The largest absolute Gasteiger partial charge is 0.496 e. The standard InChI is InChI=1S/C15H17NO4/c1-18-10-6-4-7-11(19-2)13(10)15(17)14-12(20-3)8-5-9-16-14/h4-9,15,17H,1-3H3. The van der Waals surface area contributed by atoms with Crippen molar-refractivity contribution in [2.75, 3.05) is 21.3 Å². The highest BCUT2D eigenvalue weighted by Crippen LogP contribution is 2.38. The first-order valence-corrected chi connectivity index (χ1v) is 6.10. The van der Waals surface area contributed by atoms with Crippen LogP contribution in [0.3, 0.4) is 0 Å². The van der Waals surface area contributed by atoms with Gasteiger partial charge in [0.05, 0.1) is 26.9 Å². The van der Waals surface area contributed by atoms with E-state index in [-0.39, 0.29) is 0 Å². The van der Waals surface area contributed by atoms with E-state index < -0.39 is 6.10 Å². The van der Waals surface area contributed by atoms with Crippen molar-refractivity contribution in [1.29, 1.82) is 0 Å². The summed E-state index contributed by atoms with van der Waals surface area (Å²) >= 11 is 0. The number of hydrogen-bond donors (Lipinski definition) is 1. The Labute approximate surface area is 117 Å². The molecule has 2 rings (SSSR count). The number of benzene rings is 1. The van der Waals surface area contributed by atoms with Crippen molar-refractivity contribution in [3.63, 3.8) is 0 Å². The maximum atomic E-state index is 10.6. The zero-order valence-electron chi connectivity index (χ0n) is 11.7. The summed E-state index contributed by atoms with van der Waals surface area (Å²) in [6.07, 6.45) is 0.598. The molecule has 0 aliphatic carbocycles. The fourth-order valence-electron chi connectivity index (χ4n) is 2.07. The van der Waals surface area contributed by atoms with Crippen LogP contribution in [-0.2, 0) is 0 Å². The van der Waals surface area contributed by atoms with Gasteiger partial charge in [-0.3, -0.25) is 4.98 Å². The van der Waals surface area contributed by atoms with E-state index in [1.807, 2.05) is 0 Å². The smallest absolute Gasteiger partial charge is 0.143 e. The summed E-state index contributed by atoms with van der Waals surface area (Å²) in [5, 5.41) is 10.6. The molecule has 0 fully saturated rings. The van der Waals surface area contributed by atoms with E-state index in [1.165, 1.54) is 7.11 Å². The van der Waals surface area contributed by atoms with Crippen LogP contribution in [0.5, 0.6) is 17.2 Å². The van der Waals surface area contributed by atoms with Gasteiger partial charge in [-0.1, -0.05) is 6.07 Å². The molecule has 5 nitrogen and oxygen atoms in total. The van der Waals surface area contributed by atoms with Gasteiger partial charge in [-0.05, 0) is 24.3 Å². The first kappa shape index (κ1) is 14.1. The van der Waals surface area contributed by atoms with Crippen molar-refractivity contribution >= 4 is 0 Å². The van der Waals surface area contributed by atoms with E-state index in [1.54, 1.807) is 50.7 Å². The number of rotatable bonds is 5. The number of methoxy groups -OCH3 is 3. The van der Waals surface area contributed by atoms with Gasteiger partial charge in [0.15, 0.2) is 0 Å². The van der Waals surface area contributed by atoms with E-state index in [0.717, 1.165) is 0 Å². The van der Waals surface area contributed by atoms with Gasteiger partial charge in [-0.25, -0.2) is 0 Å². The van der Waals surface area contributed by atoms with Gasteiger partial charge in [0, 0.05) is 6.20 Å². The zero-order chi connectivity index (χ0) is 14.5. The van der Waals surface area contributed by atoms with Gasteiger partial charge >= 0.3 is 0 Å². The minimum Gasteiger partial charge on any atom is -0.496 e. The second kappa shape index (κ2) is 6.25. The molecule has 0 amide bonds. The maximum Gasteiger partial charge on any atom is 0.143 e. The summed E-state index contributed by atoms with van der Waals surface area (Å²) in [7, 11) is 4.62. The molecular weight excluding hydrogens is 258 g/mol. The minimum atomic E-state index is -1.00. The second-order valence-electron chi connectivity index (χ2n) is 4.07.